The Morgan fingerprint density at radius 1 is 1.19 bits per heavy atom. The van der Waals surface area contributed by atoms with Gasteiger partial charge in [-0.25, -0.2) is 9.97 Å². The summed E-state index contributed by atoms with van der Waals surface area (Å²) >= 11 is 0. The van der Waals surface area contributed by atoms with Crippen molar-refractivity contribution in [2.45, 2.75) is 46.1 Å². The maximum atomic E-state index is 9.63. The number of methoxy groups -OCH3 is 1. The Bertz CT molecular complexity index is 911. The highest BCUT2D eigenvalue weighted by atomic mass is 16.5. The number of aliphatic hydroxyl groups excluding tert-OH is 1. The Kier molecular flexibility index (Phi) is 5.28. The Morgan fingerprint density at radius 3 is 2.58 bits per heavy atom. The SMILES string of the molecule is CC[C@H](CO)n1ccc2nc(-c3ccc(C(C)C)nc3OC)c(C)cc21. The molecule has 0 aliphatic rings. The molecule has 1 N–H and O–H groups in total. The van der Waals surface area contributed by atoms with Crippen LogP contribution in [0.1, 0.15) is 50.4 Å². The van der Waals surface area contributed by atoms with E-state index in [2.05, 4.69) is 43.3 Å². The molecule has 0 fully saturated rings. The maximum Gasteiger partial charge on any atom is 0.222 e. The van der Waals surface area contributed by atoms with Gasteiger partial charge in [-0.3, -0.25) is 0 Å². The summed E-state index contributed by atoms with van der Waals surface area (Å²) in [6.07, 6.45) is 2.87. The zero-order valence-corrected chi connectivity index (χ0v) is 16.2. The Balaban J connectivity index is 2.14. The molecular weight excluding hydrogens is 326 g/mol. The van der Waals surface area contributed by atoms with Crippen LogP contribution in [-0.2, 0) is 0 Å². The zero-order valence-electron chi connectivity index (χ0n) is 16.2. The van der Waals surface area contributed by atoms with Crippen LogP contribution in [0.5, 0.6) is 5.88 Å². The molecular formula is C21H27N3O2. The summed E-state index contributed by atoms with van der Waals surface area (Å²) in [6, 6.07) is 8.28. The van der Waals surface area contributed by atoms with Gasteiger partial charge < -0.3 is 14.4 Å². The molecule has 138 valence electrons. The number of hydrogen-bond donors (Lipinski definition) is 1. The predicted octanol–water partition coefficient (Wildman–Crippen LogP) is 4.48. The van der Waals surface area contributed by atoms with Gasteiger partial charge in [-0.15, -0.1) is 0 Å². The number of aliphatic hydroxyl groups is 1. The van der Waals surface area contributed by atoms with E-state index in [1.54, 1.807) is 7.11 Å². The van der Waals surface area contributed by atoms with Crippen molar-refractivity contribution in [3.8, 4) is 17.1 Å². The Morgan fingerprint density at radius 2 is 1.96 bits per heavy atom. The number of hydrogen-bond acceptors (Lipinski definition) is 4. The van der Waals surface area contributed by atoms with Crippen LogP contribution >= 0.6 is 0 Å². The van der Waals surface area contributed by atoms with E-state index in [1.165, 1.54) is 0 Å². The molecule has 26 heavy (non-hydrogen) atoms. The van der Waals surface area contributed by atoms with Crippen molar-refractivity contribution in [3.05, 3.63) is 41.7 Å². The van der Waals surface area contributed by atoms with Crippen molar-refractivity contribution in [3.63, 3.8) is 0 Å². The van der Waals surface area contributed by atoms with E-state index < -0.39 is 0 Å². The van der Waals surface area contributed by atoms with Gasteiger partial charge in [-0.2, -0.15) is 0 Å². The van der Waals surface area contributed by atoms with Crippen molar-refractivity contribution in [1.82, 2.24) is 14.5 Å². The Labute approximate surface area is 154 Å². The fourth-order valence-corrected chi connectivity index (χ4v) is 3.29. The van der Waals surface area contributed by atoms with E-state index in [4.69, 9.17) is 9.72 Å². The fraction of sp³-hybridized carbons (Fsp3) is 0.429. The number of aromatic nitrogens is 3. The molecule has 0 amide bonds. The van der Waals surface area contributed by atoms with Gasteiger partial charge in [-0.05, 0) is 49.1 Å². The summed E-state index contributed by atoms with van der Waals surface area (Å²) in [6.45, 7) is 8.48. The van der Waals surface area contributed by atoms with Gasteiger partial charge in [0.05, 0.1) is 42.0 Å². The lowest BCUT2D eigenvalue weighted by Crippen LogP contribution is -2.11. The van der Waals surface area contributed by atoms with Gasteiger partial charge in [0.15, 0.2) is 0 Å². The second-order valence-electron chi connectivity index (χ2n) is 6.97. The van der Waals surface area contributed by atoms with E-state index >= 15 is 0 Å². The van der Waals surface area contributed by atoms with Crippen LogP contribution in [-0.4, -0.2) is 33.4 Å². The van der Waals surface area contributed by atoms with Crippen LogP contribution in [0.25, 0.3) is 22.3 Å². The molecule has 0 bridgehead atoms. The lowest BCUT2D eigenvalue weighted by Gasteiger charge is -2.17. The van der Waals surface area contributed by atoms with E-state index in [9.17, 15) is 5.11 Å². The van der Waals surface area contributed by atoms with Crippen LogP contribution in [0.3, 0.4) is 0 Å². The number of nitrogens with zero attached hydrogens (tertiary/aromatic N) is 3. The molecule has 0 unspecified atom stereocenters. The predicted molar refractivity (Wildman–Crippen MR) is 105 cm³/mol. The molecule has 3 rings (SSSR count). The average molecular weight is 353 g/mol. The summed E-state index contributed by atoms with van der Waals surface area (Å²) in [4.78, 5) is 9.53. The van der Waals surface area contributed by atoms with E-state index in [-0.39, 0.29) is 12.6 Å². The minimum Gasteiger partial charge on any atom is -0.480 e. The fourth-order valence-electron chi connectivity index (χ4n) is 3.29. The lowest BCUT2D eigenvalue weighted by atomic mass is 10.0. The van der Waals surface area contributed by atoms with E-state index in [0.717, 1.165) is 40.0 Å². The topological polar surface area (TPSA) is 60.2 Å². The van der Waals surface area contributed by atoms with Gasteiger partial charge >= 0.3 is 0 Å². The molecule has 5 heteroatoms. The summed E-state index contributed by atoms with van der Waals surface area (Å²) in [5.41, 5.74) is 5.79. The van der Waals surface area contributed by atoms with Gasteiger partial charge in [-0.1, -0.05) is 20.8 Å². The molecule has 5 nitrogen and oxygen atoms in total. The molecule has 0 radical (unpaired) electrons. The summed E-state index contributed by atoms with van der Waals surface area (Å²) in [5.74, 6) is 0.945. The number of pyridine rings is 2. The Hall–Kier alpha value is -2.40. The van der Waals surface area contributed by atoms with Crippen molar-refractivity contribution >= 4 is 11.0 Å². The highest BCUT2D eigenvalue weighted by molar-refractivity contribution is 5.82. The first-order chi connectivity index (χ1) is 12.5. The molecule has 3 aromatic rings. The molecule has 0 aromatic carbocycles. The average Bonchev–Trinajstić information content (AvgIpc) is 3.04. The molecule has 0 saturated heterocycles. The second kappa shape index (κ2) is 7.46. The quantitative estimate of drug-likeness (QED) is 0.710. The van der Waals surface area contributed by atoms with Gasteiger partial charge in [0.1, 0.15) is 0 Å². The standard InChI is InChI=1S/C21H27N3O2/c1-6-15(12-25)24-10-9-18-19(24)11-14(4)20(22-18)16-7-8-17(13(2)3)23-21(16)26-5/h7-11,13,15,25H,6,12H2,1-5H3/t15-/m1/s1. The van der Waals surface area contributed by atoms with Crippen LogP contribution in [0.15, 0.2) is 30.5 Å². The molecule has 0 spiro atoms. The van der Waals surface area contributed by atoms with Crippen LogP contribution in [0.2, 0.25) is 0 Å². The third-order valence-corrected chi connectivity index (χ3v) is 4.89. The number of fused-ring (bicyclic) bond motifs is 1. The molecule has 0 aliphatic carbocycles. The normalized spacial score (nSPS) is 12.7. The first kappa shape index (κ1) is 18.4. The smallest absolute Gasteiger partial charge is 0.222 e. The van der Waals surface area contributed by atoms with Crippen LogP contribution < -0.4 is 4.74 Å². The highest BCUT2D eigenvalue weighted by Gasteiger charge is 2.17. The summed E-state index contributed by atoms with van der Waals surface area (Å²) < 4.78 is 7.65. The monoisotopic (exact) mass is 353 g/mol. The van der Waals surface area contributed by atoms with E-state index in [0.29, 0.717) is 11.8 Å². The maximum absolute atomic E-state index is 9.63. The largest absolute Gasteiger partial charge is 0.480 e. The van der Waals surface area contributed by atoms with Gasteiger partial charge in [0.2, 0.25) is 5.88 Å². The molecule has 0 saturated carbocycles. The first-order valence-electron chi connectivity index (χ1n) is 9.14. The minimum atomic E-state index is 0.0704. The molecule has 3 heterocycles. The number of aryl methyl sites for hydroxylation is 1. The van der Waals surface area contributed by atoms with E-state index in [1.807, 2.05) is 24.4 Å². The summed E-state index contributed by atoms with van der Waals surface area (Å²) in [7, 11) is 1.65. The minimum absolute atomic E-state index is 0.0704. The highest BCUT2D eigenvalue weighted by Crippen LogP contribution is 2.33. The number of ether oxygens (including phenoxy) is 1. The van der Waals surface area contributed by atoms with Crippen molar-refractivity contribution in [2.75, 3.05) is 13.7 Å². The van der Waals surface area contributed by atoms with Crippen molar-refractivity contribution in [2.24, 2.45) is 0 Å². The van der Waals surface area contributed by atoms with Gasteiger partial charge in [0.25, 0.3) is 0 Å². The van der Waals surface area contributed by atoms with Gasteiger partial charge in [0, 0.05) is 11.9 Å². The zero-order chi connectivity index (χ0) is 18.8. The first-order valence-corrected chi connectivity index (χ1v) is 9.14. The van der Waals surface area contributed by atoms with Crippen LogP contribution in [0.4, 0.5) is 0 Å². The second-order valence-corrected chi connectivity index (χ2v) is 6.97. The molecule has 1 atom stereocenters. The molecule has 3 aromatic heterocycles. The summed E-state index contributed by atoms with van der Waals surface area (Å²) in [5, 5.41) is 9.63. The van der Waals surface area contributed by atoms with Crippen molar-refractivity contribution < 1.29 is 9.84 Å². The molecule has 0 aliphatic heterocycles. The third kappa shape index (κ3) is 3.19. The lowest BCUT2D eigenvalue weighted by molar-refractivity contribution is 0.227. The number of rotatable bonds is 6. The van der Waals surface area contributed by atoms with Crippen LogP contribution in [0, 0.1) is 6.92 Å². The van der Waals surface area contributed by atoms with Crippen molar-refractivity contribution in [1.29, 1.82) is 0 Å². The third-order valence-electron chi connectivity index (χ3n) is 4.89.